The topological polar surface area (TPSA) is 45.5 Å². The number of piperidine rings is 1. The van der Waals surface area contributed by atoms with Gasteiger partial charge in [-0.3, -0.25) is 4.79 Å². The molecular formula is C20H25FN2O2. The van der Waals surface area contributed by atoms with Crippen molar-refractivity contribution < 1.29 is 14.3 Å². The molecule has 2 heterocycles. The lowest BCUT2D eigenvalue weighted by Gasteiger charge is -2.33. The largest absolute Gasteiger partial charge is 0.393 e. The highest BCUT2D eigenvalue weighted by Crippen LogP contribution is 2.25. The summed E-state index contributed by atoms with van der Waals surface area (Å²) in [5.74, 6) is 0.0321. The Morgan fingerprint density at radius 1 is 1.20 bits per heavy atom. The van der Waals surface area contributed by atoms with Crippen LogP contribution in [0.4, 0.5) is 4.39 Å². The van der Waals surface area contributed by atoms with Gasteiger partial charge in [0.05, 0.1) is 11.7 Å². The molecule has 1 N–H and O–H groups in total. The second-order valence-electron chi connectivity index (χ2n) is 6.97. The summed E-state index contributed by atoms with van der Waals surface area (Å²) in [5.41, 5.74) is 3.36. The minimum absolute atomic E-state index is 0.0329. The summed E-state index contributed by atoms with van der Waals surface area (Å²) in [4.78, 5) is 14.8. The molecule has 4 nitrogen and oxygen atoms in total. The van der Waals surface area contributed by atoms with E-state index in [9.17, 15) is 14.3 Å². The Balaban J connectivity index is 1.83. The average Bonchev–Trinajstić information content (AvgIpc) is 2.90. The number of carbonyl (C=O) groups is 1. The Morgan fingerprint density at radius 3 is 2.36 bits per heavy atom. The van der Waals surface area contributed by atoms with E-state index in [2.05, 4.69) is 0 Å². The van der Waals surface area contributed by atoms with Crippen LogP contribution in [0.2, 0.25) is 0 Å². The second kappa shape index (κ2) is 7.00. The van der Waals surface area contributed by atoms with Crippen molar-refractivity contribution in [3.8, 4) is 5.69 Å². The van der Waals surface area contributed by atoms with E-state index in [0.29, 0.717) is 18.7 Å². The first kappa shape index (κ1) is 17.7. The van der Waals surface area contributed by atoms with E-state index in [1.807, 2.05) is 36.3 Å². The monoisotopic (exact) mass is 344 g/mol. The first-order valence-electron chi connectivity index (χ1n) is 8.80. The fraction of sp³-hybridized carbons (Fsp3) is 0.450. The summed E-state index contributed by atoms with van der Waals surface area (Å²) in [6.07, 6.45) is 1.35. The van der Waals surface area contributed by atoms with E-state index in [-0.39, 0.29) is 23.7 Å². The maximum absolute atomic E-state index is 13.2. The molecule has 0 spiro atoms. The molecule has 25 heavy (non-hydrogen) atoms. The van der Waals surface area contributed by atoms with Crippen molar-refractivity contribution in [1.29, 1.82) is 0 Å². The van der Waals surface area contributed by atoms with Crippen molar-refractivity contribution in [3.63, 3.8) is 0 Å². The number of likely N-dealkylation sites (tertiary alicyclic amines) is 1. The third-order valence-corrected chi connectivity index (χ3v) is 5.26. The zero-order valence-corrected chi connectivity index (χ0v) is 15.0. The number of hydrogen-bond donors (Lipinski definition) is 1. The number of aliphatic hydroxyl groups is 1. The van der Waals surface area contributed by atoms with Crippen LogP contribution in [0.15, 0.2) is 30.3 Å². The quantitative estimate of drug-likeness (QED) is 0.927. The molecule has 1 aromatic heterocycles. The molecule has 1 atom stereocenters. The van der Waals surface area contributed by atoms with Crippen molar-refractivity contribution in [2.75, 3.05) is 13.1 Å². The predicted octanol–water partition coefficient (Wildman–Crippen LogP) is 3.47. The number of hydrogen-bond acceptors (Lipinski definition) is 2. The van der Waals surface area contributed by atoms with Gasteiger partial charge in [0.15, 0.2) is 0 Å². The maximum atomic E-state index is 13.2. The molecule has 1 aliphatic heterocycles. The predicted molar refractivity (Wildman–Crippen MR) is 95.5 cm³/mol. The van der Waals surface area contributed by atoms with Gasteiger partial charge in [-0.1, -0.05) is 0 Å². The molecule has 5 heteroatoms. The zero-order valence-electron chi connectivity index (χ0n) is 15.0. The molecule has 1 unspecified atom stereocenters. The van der Waals surface area contributed by atoms with Gasteiger partial charge in [-0.2, -0.15) is 0 Å². The van der Waals surface area contributed by atoms with E-state index >= 15 is 0 Å². The van der Waals surface area contributed by atoms with Crippen LogP contribution in [0.3, 0.4) is 0 Å². The van der Waals surface area contributed by atoms with Gasteiger partial charge in [-0.25, -0.2) is 4.39 Å². The highest BCUT2D eigenvalue weighted by atomic mass is 19.1. The van der Waals surface area contributed by atoms with E-state index in [1.165, 1.54) is 12.1 Å². The lowest BCUT2D eigenvalue weighted by molar-refractivity contribution is 0.0521. The van der Waals surface area contributed by atoms with Gasteiger partial charge < -0.3 is 14.6 Å². The Hall–Kier alpha value is -2.14. The lowest BCUT2D eigenvalue weighted by Crippen LogP contribution is -2.40. The zero-order chi connectivity index (χ0) is 18.1. The molecule has 1 fully saturated rings. The van der Waals surface area contributed by atoms with Gasteiger partial charge in [0.2, 0.25) is 0 Å². The summed E-state index contributed by atoms with van der Waals surface area (Å²) in [7, 11) is 0. The van der Waals surface area contributed by atoms with Crippen LogP contribution in [0.1, 0.15) is 41.5 Å². The van der Waals surface area contributed by atoms with Crippen molar-refractivity contribution in [1.82, 2.24) is 9.47 Å². The molecule has 2 aromatic rings. The van der Waals surface area contributed by atoms with Crippen LogP contribution in [-0.4, -0.2) is 39.7 Å². The van der Waals surface area contributed by atoms with Crippen LogP contribution < -0.4 is 0 Å². The minimum atomic E-state index is -0.319. The van der Waals surface area contributed by atoms with Gasteiger partial charge in [0.25, 0.3) is 5.91 Å². The van der Waals surface area contributed by atoms with Gasteiger partial charge in [-0.15, -0.1) is 0 Å². The smallest absolute Gasteiger partial charge is 0.255 e. The Kier molecular flexibility index (Phi) is 4.95. The molecule has 134 valence electrons. The third-order valence-electron chi connectivity index (χ3n) is 5.26. The Morgan fingerprint density at radius 2 is 1.80 bits per heavy atom. The number of nitrogens with zero attached hydrogens (tertiary/aromatic N) is 2. The standard InChI is InChI=1S/C20H25FN2O2/c1-13-12-19(14(2)23(13)18-6-4-17(21)5-7-18)20(25)22-10-8-16(9-11-22)15(3)24/h4-7,12,15-16,24H,8-11H2,1-3H3. The maximum Gasteiger partial charge on any atom is 0.255 e. The third kappa shape index (κ3) is 3.47. The molecular weight excluding hydrogens is 319 g/mol. The first-order valence-corrected chi connectivity index (χ1v) is 8.80. The van der Waals surface area contributed by atoms with Crippen molar-refractivity contribution in [2.24, 2.45) is 5.92 Å². The van der Waals surface area contributed by atoms with Crippen LogP contribution in [-0.2, 0) is 0 Å². The van der Waals surface area contributed by atoms with Gasteiger partial charge >= 0.3 is 0 Å². The van der Waals surface area contributed by atoms with E-state index in [1.54, 1.807) is 12.1 Å². The summed E-state index contributed by atoms with van der Waals surface area (Å²) in [6.45, 7) is 7.04. The summed E-state index contributed by atoms with van der Waals surface area (Å²) in [6, 6.07) is 8.20. The highest BCUT2D eigenvalue weighted by molar-refractivity contribution is 5.96. The molecule has 1 aromatic carbocycles. The molecule has 0 radical (unpaired) electrons. The Labute approximate surface area is 147 Å². The molecule has 1 aliphatic rings. The number of aromatic nitrogens is 1. The number of benzene rings is 1. The molecule has 1 amide bonds. The molecule has 3 rings (SSSR count). The van der Waals surface area contributed by atoms with Crippen LogP contribution in [0.5, 0.6) is 0 Å². The van der Waals surface area contributed by atoms with Gasteiger partial charge in [0, 0.05) is 30.2 Å². The van der Waals surface area contributed by atoms with Gasteiger partial charge in [0.1, 0.15) is 5.82 Å². The molecule has 0 aliphatic carbocycles. The van der Waals surface area contributed by atoms with Crippen LogP contribution in [0, 0.1) is 25.6 Å². The molecule has 1 saturated heterocycles. The average molecular weight is 344 g/mol. The summed E-state index contributed by atoms with van der Waals surface area (Å²) in [5, 5.41) is 9.71. The van der Waals surface area contributed by atoms with Crippen LogP contribution in [0.25, 0.3) is 5.69 Å². The SMILES string of the molecule is Cc1cc(C(=O)N2CCC(C(C)O)CC2)c(C)n1-c1ccc(F)cc1. The van der Waals surface area contributed by atoms with Crippen molar-refractivity contribution >= 4 is 5.91 Å². The summed E-state index contributed by atoms with van der Waals surface area (Å²) < 4.78 is 15.2. The fourth-order valence-corrected chi connectivity index (χ4v) is 3.72. The Bertz CT molecular complexity index is 757. The lowest BCUT2D eigenvalue weighted by atomic mass is 9.92. The number of aryl methyl sites for hydroxylation is 1. The molecule has 0 bridgehead atoms. The highest BCUT2D eigenvalue weighted by Gasteiger charge is 2.28. The number of amides is 1. The number of halogens is 1. The van der Waals surface area contributed by atoms with Crippen molar-refractivity contribution in [3.05, 3.63) is 53.1 Å². The van der Waals surface area contributed by atoms with E-state index in [4.69, 9.17) is 0 Å². The van der Waals surface area contributed by atoms with Crippen LogP contribution >= 0.6 is 0 Å². The van der Waals surface area contributed by atoms with E-state index < -0.39 is 0 Å². The summed E-state index contributed by atoms with van der Waals surface area (Å²) >= 11 is 0. The number of carbonyl (C=O) groups excluding carboxylic acids is 1. The van der Waals surface area contributed by atoms with E-state index in [0.717, 1.165) is 29.9 Å². The normalized spacial score (nSPS) is 16.9. The number of aliphatic hydroxyl groups excluding tert-OH is 1. The number of rotatable bonds is 3. The first-order chi connectivity index (χ1) is 11.9. The molecule has 0 saturated carbocycles. The minimum Gasteiger partial charge on any atom is -0.393 e. The fourth-order valence-electron chi connectivity index (χ4n) is 3.72. The van der Waals surface area contributed by atoms with Crippen molar-refractivity contribution in [2.45, 2.75) is 39.7 Å². The van der Waals surface area contributed by atoms with Gasteiger partial charge in [-0.05, 0) is 69.9 Å². The second-order valence-corrected chi connectivity index (χ2v) is 6.97.